The van der Waals surface area contributed by atoms with Crippen molar-refractivity contribution in [3.8, 4) is 0 Å². The fourth-order valence-corrected chi connectivity index (χ4v) is 0.246. The molecule has 1 rings (SSSR count). The topological polar surface area (TPSA) is 12.9 Å². The third-order valence-electron chi connectivity index (χ3n) is 0.471. The molecule has 0 saturated carbocycles. The van der Waals surface area contributed by atoms with Crippen molar-refractivity contribution >= 4 is 0 Å². The van der Waals surface area contributed by atoms with Crippen LogP contribution in [0.2, 0.25) is 0 Å². The Hall–Kier alpha value is -0.850. The summed E-state index contributed by atoms with van der Waals surface area (Å²) in [7, 11) is 0. The van der Waals surface area contributed by atoms with Gasteiger partial charge in [0.15, 0.2) is 0 Å². The molecule has 0 aliphatic carbocycles. The van der Waals surface area contributed by atoms with E-state index < -0.39 is 0 Å². The third-order valence-corrected chi connectivity index (χ3v) is 0.471. The second-order valence-electron chi connectivity index (χ2n) is 0.896. The minimum Gasteiger partial charge on any atom is -0.265 e. The van der Waals surface area contributed by atoms with Gasteiger partial charge in [0.05, 0.1) is 2.74 Å². The van der Waals surface area contributed by atoms with Crippen LogP contribution in [0.15, 0.2) is 30.5 Å². The zero-order valence-corrected chi connectivity index (χ0v) is 3.18. The fraction of sp³-hybridized carbons (Fsp3) is 0. The van der Waals surface area contributed by atoms with Gasteiger partial charge in [0.1, 0.15) is 0 Å². The molecular formula is C5H5N. The van der Waals surface area contributed by atoms with Gasteiger partial charge in [-0.2, -0.15) is 0 Å². The molecule has 1 aromatic heterocycles. The summed E-state index contributed by atoms with van der Waals surface area (Å²) < 4.78 is 13.8. The Morgan fingerprint density at radius 2 is 1.83 bits per heavy atom. The van der Waals surface area contributed by atoms with Crippen molar-refractivity contribution < 1.29 is 2.74 Å². The molecule has 0 aliphatic rings. The molecule has 0 radical (unpaired) electrons. The van der Waals surface area contributed by atoms with Crippen LogP contribution in [-0.2, 0) is 0 Å². The van der Waals surface area contributed by atoms with Gasteiger partial charge in [-0.3, -0.25) is 4.98 Å². The summed E-state index contributed by atoms with van der Waals surface area (Å²) in [5.74, 6) is 0. The van der Waals surface area contributed by atoms with Gasteiger partial charge in [-0.1, -0.05) is 6.07 Å². The van der Waals surface area contributed by atoms with Gasteiger partial charge in [0, 0.05) is 12.3 Å². The van der Waals surface area contributed by atoms with Crippen molar-refractivity contribution in [2.75, 3.05) is 0 Å². The van der Waals surface area contributed by atoms with Crippen molar-refractivity contribution in [3.63, 3.8) is 0 Å². The minimum absolute atomic E-state index is 0.150. The lowest BCUT2D eigenvalue weighted by molar-refractivity contribution is 1.33. The molecule has 1 heterocycles. The van der Waals surface area contributed by atoms with Gasteiger partial charge < -0.3 is 0 Å². The Morgan fingerprint density at radius 3 is 2.17 bits per heavy atom. The maximum absolute atomic E-state index is 6.90. The van der Waals surface area contributed by atoms with Gasteiger partial charge in [-0.25, -0.2) is 0 Å². The largest absolute Gasteiger partial charge is 0.265 e. The van der Waals surface area contributed by atoms with E-state index in [1.807, 2.05) is 0 Å². The quantitative estimate of drug-likeness (QED) is 0.457. The molecule has 0 unspecified atom stereocenters. The molecule has 1 aromatic rings. The summed E-state index contributed by atoms with van der Waals surface area (Å²) in [4.78, 5) is 3.51. The molecule has 0 atom stereocenters. The van der Waals surface area contributed by atoms with E-state index in [1.54, 1.807) is 6.07 Å². The van der Waals surface area contributed by atoms with Crippen LogP contribution in [0.1, 0.15) is 2.74 Å². The molecule has 30 valence electrons. The first-order valence-electron chi connectivity index (χ1n) is 2.69. The second kappa shape index (κ2) is 1.55. The standard InChI is InChI=1S/C5H5N/c1-2-4-6-5-3-1/h1-5H/i4T,5T. The lowest BCUT2D eigenvalue weighted by atomic mass is 10.5. The summed E-state index contributed by atoms with van der Waals surface area (Å²) >= 11 is 0. The van der Waals surface area contributed by atoms with Gasteiger partial charge in [0.2, 0.25) is 0 Å². The normalized spacial score (nSPS) is 12.7. The average molecular weight is 83.1 g/mol. The molecular weight excluding hydrogens is 74.1 g/mol. The molecule has 1 nitrogen and oxygen atoms in total. The lowest BCUT2D eigenvalue weighted by Gasteiger charge is -1.70. The van der Waals surface area contributed by atoms with Gasteiger partial charge in [0.25, 0.3) is 0 Å². The van der Waals surface area contributed by atoms with E-state index in [2.05, 4.69) is 4.98 Å². The Bertz CT molecular complexity index is 170. The van der Waals surface area contributed by atoms with Crippen LogP contribution in [0.4, 0.5) is 0 Å². The SMILES string of the molecule is [3H]c1cccc([3H])n1. The van der Waals surface area contributed by atoms with E-state index >= 15 is 0 Å². The Morgan fingerprint density at radius 1 is 1.17 bits per heavy atom. The Labute approximate surface area is 39.5 Å². The summed E-state index contributed by atoms with van der Waals surface area (Å²) in [6.07, 6.45) is 0.301. The highest BCUT2D eigenvalue weighted by atomic mass is 14.6. The van der Waals surface area contributed by atoms with Crippen LogP contribution in [0, 0.1) is 0 Å². The molecule has 1 heteroatoms. The molecule has 0 aliphatic heterocycles. The Kier molecular flexibility index (Phi) is 0.449. The first kappa shape index (κ1) is 1.73. The maximum atomic E-state index is 6.90. The molecule has 0 bridgehead atoms. The van der Waals surface area contributed by atoms with E-state index in [0.29, 0.717) is 0 Å². The summed E-state index contributed by atoms with van der Waals surface area (Å²) in [6.45, 7) is 0. The molecule has 0 saturated heterocycles. The minimum atomic E-state index is 0.150. The van der Waals surface area contributed by atoms with E-state index in [0.717, 1.165) is 0 Å². The van der Waals surface area contributed by atoms with Crippen LogP contribution in [0.5, 0.6) is 0 Å². The zero-order chi connectivity index (χ0) is 5.98. The third kappa shape index (κ3) is 0.549. The number of hydrogen-bond donors (Lipinski definition) is 0. The van der Waals surface area contributed by atoms with Crippen LogP contribution in [0.3, 0.4) is 0 Å². The predicted molar refractivity (Wildman–Crippen MR) is 24.2 cm³/mol. The van der Waals surface area contributed by atoms with Crippen molar-refractivity contribution in [3.05, 3.63) is 30.5 Å². The van der Waals surface area contributed by atoms with Crippen LogP contribution in [0.25, 0.3) is 0 Å². The summed E-state index contributed by atoms with van der Waals surface area (Å²) in [6, 6.07) is 4.72. The van der Waals surface area contributed by atoms with Crippen LogP contribution in [-0.4, -0.2) is 4.98 Å². The number of rotatable bonds is 0. The zero-order valence-electron chi connectivity index (χ0n) is 5.18. The highest BCUT2D eigenvalue weighted by molar-refractivity contribution is 4.88. The van der Waals surface area contributed by atoms with Gasteiger partial charge >= 0.3 is 0 Å². The highest BCUT2D eigenvalue weighted by Gasteiger charge is 1.58. The second-order valence-corrected chi connectivity index (χ2v) is 0.896. The van der Waals surface area contributed by atoms with E-state index in [-0.39, 0.29) is 12.3 Å². The van der Waals surface area contributed by atoms with Gasteiger partial charge in [-0.05, 0) is 12.1 Å². The van der Waals surface area contributed by atoms with E-state index in [1.165, 1.54) is 12.1 Å². The molecule has 0 amide bonds. The first-order chi connectivity index (χ1) is 3.79. The molecule has 0 spiro atoms. The van der Waals surface area contributed by atoms with E-state index in [4.69, 9.17) is 2.74 Å². The molecule has 0 fully saturated rings. The summed E-state index contributed by atoms with van der Waals surface area (Å²) in [5.41, 5.74) is 0. The van der Waals surface area contributed by atoms with E-state index in [9.17, 15) is 0 Å². The molecule has 6 heavy (non-hydrogen) atoms. The smallest absolute Gasteiger partial charge is 0.0840 e. The highest BCUT2D eigenvalue weighted by Crippen LogP contribution is 1.73. The van der Waals surface area contributed by atoms with Crippen molar-refractivity contribution in [2.45, 2.75) is 0 Å². The van der Waals surface area contributed by atoms with Crippen molar-refractivity contribution in [1.29, 1.82) is 0 Å². The van der Waals surface area contributed by atoms with Gasteiger partial charge in [-0.15, -0.1) is 0 Å². The molecule has 0 aromatic carbocycles. The van der Waals surface area contributed by atoms with Crippen LogP contribution < -0.4 is 0 Å². The summed E-state index contributed by atoms with van der Waals surface area (Å²) in [5, 5.41) is 0. The number of nitrogens with zero attached hydrogens (tertiary/aromatic N) is 1. The maximum Gasteiger partial charge on any atom is 0.0840 e. The predicted octanol–water partition coefficient (Wildman–Crippen LogP) is 1.08. The van der Waals surface area contributed by atoms with Crippen LogP contribution >= 0.6 is 0 Å². The lowest BCUT2D eigenvalue weighted by Crippen LogP contribution is -1.58. The van der Waals surface area contributed by atoms with Crippen molar-refractivity contribution in [1.82, 2.24) is 4.98 Å². The van der Waals surface area contributed by atoms with Crippen molar-refractivity contribution in [2.24, 2.45) is 0 Å². The first-order valence-corrected chi connectivity index (χ1v) is 1.69. The Balaban J connectivity index is 3.08. The number of aromatic nitrogens is 1. The molecule has 0 N–H and O–H groups in total. The fourth-order valence-electron chi connectivity index (χ4n) is 0.246. The number of pyridine rings is 1. The number of hydrogen-bond acceptors (Lipinski definition) is 1. The monoisotopic (exact) mass is 83.1 g/mol. The average Bonchev–Trinajstić information content (AvgIpc) is 1.64.